The zero-order valence-corrected chi connectivity index (χ0v) is 14.6. The zero-order chi connectivity index (χ0) is 15.9. The molecule has 0 spiro atoms. The molecule has 2 rings (SSSR count). The largest absolute Gasteiger partial charge is 0.494 e. The van der Waals surface area contributed by atoms with Crippen LogP contribution in [0.2, 0.25) is 0 Å². The van der Waals surface area contributed by atoms with Gasteiger partial charge in [0.15, 0.2) is 5.75 Å². The Kier molecular flexibility index (Phi) is 6.63. The highest BCUT2D eigenvalue weighted by molar-refractivity contribution is 8.69. The quantitative estimate of drug-likeness (QED) is 0.610. The van der Waals surface area contributed by atoms with E-state index in [-0.39, 0.29) is 17.2 Å². The van der Waals surface area contributed by atoms with Gasteiger partial charge >= 0.3 is 0 Å². The molecule has 1 N–H and O–H groups in total. The summed E-state index contributed by atoms with van der Waals surface area (Å²) in [6.45, 7) is 3.36. The van der Waals surface area contributed by atoms with E-state index in [1.807, 2.05) is 11.8 Å². The summed E-state index contributed by atoms with van der Waals surface area (Å²) in [6, 6.07) is 0.176. The number of likely N-dealkylation sites (tertiary alicyclic amines) is 1. The number of hydrogen-bond acceptors (Lipinski definition) is 7. The van der Waals surface area contributed by atoms with Gasteiger partial charge in [-0.05, 0) is 26.2 Å². The van der Waals surface area contributed by atoms with Crippen molar-refractivity contribution in [2.75, 3.05) is 25.5 Å². The number of nitrogens with one attached hydrogen (secondary N) is 1. The fourth-order valence-electron chi connectivity index (χ4n) is 2.50. The fourth-order valence-corrected chi connectivity index (χ4v) is 3.00. The first-order valence-corrected chi connectivity index (χ1v) is 9.29. The molecule has 2 unspecified atom stereocenters. The second-order valence-corrected chi connectivity index (χ2v) is 6.81. The van der Waals surface area contributed by atoms with E-state index in [1.54, 1.807) is 19.5 Å². The molecule has 1 saturated heterocycles. The average molecular weight is 342 g/mol. The highest BCUT2D eigenvalue weighted by Crippen LogP contribution is 2.23. The normalized spacial score (nSPS) is 19.6. The van der Waals surface area contributed by atoms with Crippen LogP contribution < -0.4 is 10.1 Å². The Hall–Kier alpha value is -1.15. The number of piperidine rings is 1. The van der Waals surface area contributed by atoms with Gasteiger partial charge in [-0.2, -0.15) is 0 Å². The first kappa shape index (κ1) is 17.2. The number of ether oxygens (including phenoxy) is 1. The molecule has 1 aliphatic heterocycles. The van der Waals surface area contributed by atoms with E-state index in [0.717, 1.165) is 25.8 Å². The summed E-state index contributed by atoms with van der Waals surface area (Å²) in [6.07, 6.45) is 6.45. The smallest absolute Gasteiger partial charge is 0.236 e. The molecule has 122 valence electrons. The number of nitrogens with zero attached hydrogens (tertiary/aromatic N) is 3. The van der Waals surface area contributed by atoms with Gasteiger partial charge in [0.25, 0.3) is 0 Å². The number of anilines is 1. The third-order valence-electron chi connectivity index (χ3n) is 3.78. The number of carbonyl (C=O) groups is 1. The van der Waals surface area contributed by atoms with Crippen molar-refractivity contribution in [3.63, 3.8) is 0 Å². The number of methoxy groups -OCH3 is 1. The molecule has 0 radical (unpaired) electrons. The van der Waals surface area contributed by atoms with Crippen LogP contribution in [0.4, 0.5) is 5.95 Å². The van der Waals surface area contributed by atoms with Gasteiger partial charge in [0.2, 0.25) is 11.9 Å². The van der Waals surface area contributed by atoms with Crippen LogP contribution >= 0.6 is 22.5 Å². The van der Waals surface area contributed by atoms with Gasteiger partial charge in [0.1, 0.15) is 0 Å². The minimum Gasteiger partial charge on any atom is -0.494 e. The van der Waals surface area contributed by atoms with E-state index < -0.39 is 0 Å². The van der Waals surface area contributed by atoms with Gasteiger partial charge in [-0.15, -0.1) is 11.7 Å². The zero-order valence-electron chi connectivity index (χ0n) is 12.9. The van der Waals surface area contributed by atoms with Crippen LogP contribution in [0.5, 0.6) is 5.75 Å². The first-order chi connectivity index (χ1) is 10.7. The van der Waals surface area contributed by atoms with Crippen molar-refractivity contribution < 1.29 is 9.53 Å². The number of carbonyl (C=O) groups excluding carboxylic acids is 1. The molecule has 2 atom stereocenters. The third-order valence-corrected chi connectivity index (χ3v) is 5.24. The average Bonchev–Trinajstić information content (AvgIpc) is 2.59. The Balaban J connectivity index is 1.94. The molecular weight excluding hydrogens is 320 g/mol. The number of aromatic nitrogens is 2. The van der Waals surface area contributed by atoms with Crippen molar-refractivity contribution >= 4 is 34.3 Å². The third kappa shape index (κ3) is 4.42. The van der Waals surface area contributed by atoms with Crippen LogP contribution in [0.15, 0.2) is 12.4 Å². The minimum atomic E-state index is -0.124. The van der Waals surface area contributed by atoms with E-state index in [2.05, 4.69) is 26.9 Å². The summed E-state index contributed by atoms with van der Waals surface area (Å²) < 4.78 is 5.04. The van der Waals surface area contributed by atoms with Gasteiger partial charge in [-0.3, -0.25) is 4.79 Å². The maximum atomic E-state index is 12.4. The number of rotatable bonds is 6. The summed E-state index contributed by atoms with van der Waals surface area (Å²) in [5, 5.41) is 3.09. The summed E-state index contributed by atoms with van der Waals surface area (Å²) >= 11 is 4.15. The van der Waals surface area contributed by atoms with Crippen LogP contribution in [-0.2, 0) is 4.79 Å². The predicted octanol–water partition coefficient (Wildman–Crippen LogP) is 2.24. The van der Waals surface area contributed by atoms with E-state index in [9.17, 15) is 4.79 Å². The molecule has 0 bridgehead atoms. The van der Waals surface area contributed by atoms with Crippen molar-refractivity contribution in [3.05, 3.63) is 12.4 Å². The molecule has 1 aliphatic rings. The van der Waals surface area contributed by atoms with Crippen molar-refractivity contribution in [3.8, 4) is 5.75 Å². The monoisotopic (exact) mass is 342 g/mol. The van der Waals surface area contributed by atoms with E-state index >= 15 is 0 Å². The highest BCUT2D eigenvalue weighted by atomic mass is 33.1. The summed E-state index contributed by atoms with van der Waals surface area (Å²) in [5.41, 5.74) is 0. The van der Waals surface area contributed by atoms with Crippen molar-refractivity contribution in [2.24, 2.45) is 0 Å². The van der Waals surface area contributed by atoms with Gasteiger partial charge in [-0.25, -0.2) is 9.97 Å². The van der Waals surface area contributed by atoms with Gasteiger partial charge in [0.05, 0.1) is 24.8 Å². The molecule has 2 heterocycles. The number of amides is 1. The molecule has 22 heavy (non-hydrogen) atoms. The summed E-state index contributed by atoms with van der Waals surface area (Å²) in [5.74, 6) is 1.33. The molecule has 0 aromatic carbocycles. The summed E-state index contributed by atoms with van der Waals surface area (Å²) in [4.78, 5) is 22.8. The first-order valence-electron chi connectivity index (χ1n) is 7.36. The molecular formula is C14H22N4O2S2. The maximum absolute atomic E-state index is 12.4. The van der Waals surface area contributed by atoms with Crippen LogP contribution in [-0.4, -0.2) is 52.3 Å². The minimum absolute atomic E-state index is 0.124. The van der Waals surface area contributed by atoms with Crippen LogP contribution in [0.1, 0.15) is 26.2 Å². The second kappa shape index (κ2) is 8.47. The molecule has 6 nitrogen and oxygen atoms in total. The molecule has 1 amide bonds. The van der Waals surface area contributed by atoms with Gasteiger partial charge in [0, 0.05) is 19.1 Å². The van der Waals surface area contributed by atoms with Crippen molar-refractivity contribution in [2.45, 2.75) is 37.5 Å². The number of thiol groups is 1. The maximum Gasteiger partial charge on any atom is 0.236 e. The molecule has 1 aromatic rings. The van der Waals surface area contributed by atoms with Crippen molar-refractivity contribution in [1.29, 1.82) is 0 Å². The topological polar surface area (TPSA) is 67.3 Å². The van der Waals surface area contributed by atoms with E-state index in [0.29, 0.717) is 18.2 Å². The molecule has 1 fully saturated rings. The molecule has 0 aliphatic carbocycles. The lowest BCUT2D eigenvalue weighted by molar-refractivity contribution is -0.133. The fraction of sp³-hybridized carbons (Fsp3) is 0.643. The van der Waals surface area contributed by atoms with Gasteiger partial charge < -0.3 is 15.0 Å². The Morgan fingerprint density at radius 3 is 2.91 bits per heavy atom. The van der Waals surface area contributed by atoms with Crippen LogP contribution in [0.25, 0.3) is 0 Å². The summed E-state index contributed by atoms with van der Waals surface area (Å²) in [7, 11) is 2.87. The second-order valence-electron chi connectivity index (χ2n) is 5.26. The SMILES string of the molecule is COc1cnc(NCC2CCCCN2C(=O)C(C)SS)nc1. The Morgan fingerprint density at radius 1 is 1.55 bits per heavy atom. The van der Waals surface area contributed by atoms with E-state index in [1.165, 1.54) is 10.8 Å². The lowest BCUT2D eigenvalue weighted by Gasteiger charge is -2.37. The Morgan fingerprint density at radius 2 is 2.27 bits per heavy atom. The van der Waals surface area contributed by atoms with Crippen molar-refractivity contribution in [1.82, 2.24) is 14.9 Å². The lowest BCUT2D eigenvalue weighted by Crippen LogP contribution is -2.49. The standard InChI is InChI=1S/C14H22N4O2S2/c1-10(22-21)13(19)18-6-4-3-5-11(18)7-15-14-16-8-12(20-2)9-17-14/h8-11,21H,3-7H2,1-2H3,(H,15,16,17). The Bertz CT molecular complexity index is 486. The Labute approximate surface area is 140 Å². The van der Waals surface area contributed by atoms with Crippen LogP contribution in [0.3, 0.4) is 0 Å². The molecule has 0 saturated carbocycles. The number of hydrogen-bond donors (Lipinski definition) is 2. The highest BCUT2D eigenvalue weighted by Gasteiger charge is 2.29. The van der Waals surface area contributed by atoms with Crippen LogP contribution in [0, 0.1) is 0 Å². The van der Waals surface area contributed by atoms with E-state index in [4.69, 9.17) is 4.74 Å². The predicted molar refractivity (Wildman–Crippen MR) is 92.5 cm³/mol. The van der Waals surface area contributed by atoms with Gasteiger partial charge in [-0.1, -0.05) is 10.8 Å². The lowest BCUT2D eigenvalue weighted by atomic mass is 10.0. The molecule has 8 heteroatoms. The molecule has 1 aromatic heterocycles.